The number of aryl methyl sites for hydroxylation is 1. The molecule has 26 heavy (non-hydrogen) atoms. The fraction of sp³-hybridized carbons (Fsp3) is 0.412. The van der Waals surface area contributed by atoms with Crippen LogP contribution >= 0.6 is 22.9 Å². The third-order valence-electron chi connectivity index (χ3n) is 3.86. The zero-order valence-corrected chi connectivity index (χ0v) is 17.3. The molecule has 6 nitrogen and oxygen atoms in total. The monoisotopic (exact) mass is 415 g/mol. The molecule has 0 saturated carbocycles. The number of hydrogen-bond donors (Lipinski definition) is 1. The zero-order chi connectivity index (χ0) is 19.3. The van der Waals surface area contributed by atoms with E-state index in [2.05, 4.69) is 10.3 Å². The first-order valence-electron chi connectivity index (χ1n) is 8.28. The van der Waals surface area contributed by atoms with Crippen LogP contribution in [-0.2, 0) is 16.4 Å². The highest BCUT2D eigenvalue weighted by Crippen LogP contribution is 2.23. The molecule has 2 aromatic rings. The van der Waals surface area contributed by atoms with Crippen molar-refractivity contribution in [2.75, 3.05) is 19.6 Å². The van der Waals surface area contributed by atoms with Gasteiger partial charge in [0.05, 0.1) is 26.2 Å². The van der Waals surface area contributed by atoms with Gasteiger partial charge in [-0.2, -0.15) is 4.31 Å². The number of nitrogens with one attached hydrogen (secondary N) is 1. The lowest BCUT2D eigenvalue weighted by Gasteiger charge is -2.19. The Bertz CT molecular complexity index is 877. The largest absolute Gasteiger partial charge is 0.352 e. The third kappa shape index (κ3) is 4.82. The molecule has 1 aromatic carbocycles. The number of amides is 1. The highest BCUT2D eigenvalue weighted by Gasteiger charge is 2.23. The smallest absolute Gasteiger partial charge is 0.252 e. The number of hydrogen-bond acceptors (Lipinski definition) is 5. The van der Waals surface area contributed by atoms with Crippen molar-refractivity contribution in [2.24, 2.45) is 0 Å². The van der Waals surface area contributed by atoms with Crippen molar-refractivity contribution in [3.05, 3.63) is 44.9 Å². The van der Waals surface area contributed by atoms with E-state index in [9.17, 15) is 13.2 Å². The van der Waals surface area contributed by atoms with E-state index in [4.69, 9.17) is 11.6 Å². The number of carbonyl (C=O) groups is 1. The molecule has 142 valence electrons. The van der Waals surface area contributed by atoms with Gasteiger partial charge in [0.15, 0.2) is 0 Å². The molecule has 2 rings (SSSR count). The fourth-order valence-electron chi connectivity index (χ4n) is 2.47. The van der Waals surface area contributed by atoms with Crippen LogP contribution in [0.1, 0.15) is 34.9 Å². The van der Waals surface area contributed by atoms with E-state index in [1.54, 1.807) is 25.2 Å². The number of sulfonamides is 1. The Morgan fingerprint density at radius 2 is 2.00 bits per heavy atom. The van der Waals surface area contributed by atoms with Gasteiger partial charge in [0.25, 0.3) is 5.91 Å². The Morgan fingerprint density at radius 3 is 2.58 bits per heavy atom. The lowest BCUT2D eigenvalue weighted by Crippen LogP contribution is -2.31. The first-order chi connectivity index (χ1) is 12.3. The minimum atomic E-state index is -3.65. The molecular formula is C17H22ClN3O3S2. The molecule has 0 bridgehead atoms. The first-order valence-corrected chi connectivity index (χ1v) is 11.0. The van der Waals surface area contributed by atoms with Crippen LogP contribution in [0.15, 0.2) is 28.5 Å². The van der Waals surface area contributed by atoms with Gasteiger partial charge >= 0.3 is 0 Å². The quantitative estimate of drug-likeness (QED) is 0.718. The van der Waals surface area contributed by atoms with Gasteiger partial charge in [-0.3, -0.25) is 4.79 Å². The second kappa shape index (κ2) is 8.94. The predicted molar refractivity (Wildman–Crippen MR) is 104 cm³/mol. The second-order valence-corrected chi connectivity index (χ2v) is 9.00. The van der Waals surface area contributed by atoms with Crippen molar-refractivity contribution in [1.82, 2.24) is 14.6 Å². The first kappa shape index (κ1) is 20.8. The number of carbonyl (C=O) groups excluding carboxylic acids is 1. The summed E-state index contributed by atoms with van der Waals surface area (Å²) >= 11 is 7.67. The van der Waals surface area contributed by atoms with Crippen molar-refractivity contribution >= 4 is 38.9 Å². The Balaban J connectivity index is 2.14. The summed E-state index contributed by atoms with van der Waals surface area (Å²) in [5.41, 5.74) is 1.06. The van der Waals surface area contributed by atoms with Gasteiger partial charge in [-0.25, -0.2) is 13.4 Å². The number of nitrogens with zero attached hydrogens (tertiary/aromatic N) is 2. The van der Waals surface area contributed by atoms with E-state index in [0.29, 0.717) is 26.1 Å². The maximum absolute atomic E-state index is 12.6. The lowest BCUT2D eigenvalue weighted by atomic mass is 10.2. The van der Waals surface area contributed by atoms with Crippen LogP contribution in [-0.4, -0.2) is 43.2 Å². The van der Waals surface area contributed by atoms with Crippen molar-refractivity contribution < 1.29 is 13.2 Å². The molecular weight excluding hydrogens is 394 g/mol. The average Bonchev–Trinajstić information content (AvgIpc) is 3.01. The van der Waals surface area contributed by atoms with Crippen LogP contribution in [0.25, 0.3) is 0 Å². The number of halogens is 1. The molecule has 0 aliphatic rings. The summed E-state index contributed by atoms with van der Waals surface area (Å²) in [7, 11) is -3.65. The maximum Gasteiger partial charge on any atom is 0.252 e. The topological polar surface area (TPSA) is 79.4 Å². The van der Waals surface area contributed by atoms with Crippen LogP contribution in [0, 0.1) is 6.92 Å². The lowest BCUT2D eigenvalue weighted by molar-refractivity contribution is 0.0954. The van der Waals surface area contributed by atoms with Crippen LogP contribution in [0.5, 0.6) is 0 Å². The molecule has 1 aromatic heterocycles. The molecule has 0 aliphatic heterocycles. The summed E-state index contributed by atoms with van der Waals surface area (Å²) in [5, 5.41) is 5.91. The molecule has 0 aliphatic carbocycles. The fourth-order valence-corrected chi connectivity index (χ4v) is 4.81. The molecule has 1 heterocycles. The SMILES string of the molecule is CCN(CC)S(=O)(=O)c1ccc(Cl)c(C(=O)NCCc2csc(C)n2)c1. The van der Waals surface area contributed by atoms with Gasteiger partial charge in [-0.15, -0.1) is 11.3 Å². The molecule has 0 radical (unpaired) electrons. The Morgan fingerprint density at radius 1 is 1.31 bits per heavy atom. The summed E-state index contributed by atoms with van der Waals surface area (Å²) in [6.07, 6.45) is 0.602. The number of thiazole rings is 1. The van der Waals surface area contributed by atoms with Crippen LogP contribution < -0.4 is 5.32 Å². The zero-order valence-electron chi connectivity index (χ0n) is 15.0. The Hall–Kier alpha value is -1.48. The number of aromatic nitrogens is 1. The summed E-state index contributed by atoms with van der Waals surface area (Å²) in [6.45, 7) is 6.57. The highest BCUT2D eigenvalue weighted by molar-refractivity contribution is 7.89. The number of rotatable bonds is 8. The van der Waals surface area contributed by atoms with E-state index in [1.165, 1.54) is 22.5 Å². The standard InChI is InChI=1S/C17H22ClN3O3S2/c1-4-21(5-2)26(23,24)14-6-7-16(18)15(10-14)17(22)19-9-8-13-11-25-12(3)20-13/h6-7,10-11H,4-5,8-9H2,1-3H3,(H,19,22). The van der Waals surface area contributed by atoms with Gasteiger partial charge in [-0.05, 0) is 25.1 Å². The molecule has 1 N–H and O–H groups in total. The predicted octanol–water partition coefficient (Wildman–Crippen LogP) is 3.11. The van der Waals surface area contributed by atoms with Gasteiger partial charge in [0, 0.05) is 31.4 Å². The molecule has 0 unspecified atom stereocenters. The summed E-state index contributed by atoms with van der Waals surface area (Å²) < 4.78 is 26.6. The molecule has 0 fully saturated rings. The van der Waals surface area contributed by atoms with Crippen LogP contribution in [0.4, 0.5) is 0 Å². The van der Waals surface area contributed by atoms with Gasteiger partial charge in [0.2, 0.25) is 10.0 Å². The Labute approximate surface area is 163 Å². The summed E-state index contributed by atoms with van der Waals surface area (Å²) in [4.78, 5) is 16.8. The molecule has 0 atom stereocenters. The second-order valence-electron chi connectivity index (χ2n) is 5.59. The summed E-state index contributed by atoms with van der Waals surface area (Å²) in [5.74, 6) is -0.404. The van der Waals surface area contributed by atoms with Crippen molar-refractivity contribution in [2.45, 2.75) is 32.1 Å². The normalized spacial score (nSPS) is 11.7. The summed E-state index contributed by atoms with van der Waals surface area (Å²) in [6, 6.07) is 4.19. The molecule has 0 saturated heterocycles. The highest BCUT2D eigenvalue weighted by atomic mass is 35.5. The van der Waals surface area contributed by atoms with E-state index in [1.807, 2.05) is 12.3 Å². The van der Waals surface area contributed by atoms with Gasteiger partial charge < -0.3 is 5.32 Å². The van der Waals surface area contributed by atoms with E-state index < -0.39 is 15.9 Å². The molecule has 0 spiro atoms. The van der Waals surface area contributed by atoms with Crippen molar-refractivity contribution in [3.8, 4) is 0 Å². The third-order valence-corrected chi connectivity index (χ3v) is 7.06. The average molecular weight is 416 g/mol. The van der Waals surface area contributed by atoms with Gasteiger partial charge in [-0.1, -0.05) is 25.4 Å². The van der Waals surface area contributed by atoms with E-state index >= 15 is 0 Å². The van der Waals surface area contributed by atoms with Crippen LogP contribution in [0.3, 0.4) is 0 Å². The van der Waals surface area contributed by atoms with Gasteiger partial charge in [0.1, 0.15) is 0 Å². The van der Waals surface area contributed by atoms with E-state index in [0.717, 1.165) is 10.7 Å². The van der Waals surface area contributed by atoms with Crippen LogP contribution in [0.2, 0.25) is 5.02 Å². The minimum Gasteiger partial charge on any atom is -0.352 e. The van der Waals surface area contributed by atoms with Crippen molar-refractivity contribution in [3.63, 3.8) is 0 Å². The molecule has 9 heteroatoms. The van der Waals surface area contributed by atoms with Crippen molar-refractivity contribution in [1.29, 1.82) is 0 Å². The Kier molecular flexibility index (Phi) is 7.16. The molecule has 1 amide bonds. The van der Waals surface area contributed by atoms with E-state index in [-0.39, 0.29) is 15.5 Å². The maximum atomic E-state index is 12.6. The minimum absolute atomic E-state index is 0.0610. The number of benzene rings is 1.